The van der Waals surface area contributed by atoms with Crippen molar-refractivity contribution >= 4 is 17.7 Å². The summed E-state index contributed by atoms with van der Waals surface area (Å²) in [6.07, 6.45) is 2.23. The summed E-state index contributed by atoms with van der Waals surface area (Å²) in [5, 5.41) is 0. The molecule has 1 aromatic rings. The summed E-state index contributed by atoms with van der Waals surface area (Å²) in [7, 11) is 0. The van der Waals surface area contributed by atoms with Gasteiger partial charge in [-0.3, -0.25) is 4.79 Å². The first-order valence-electron chi connectivity index (χ1n) is 5.93. The molecule has 0 heterocycles. The SMILES string of the molecule is CSc1ccc(C(N)CC(=O)OC(C)(C)C)cc1. The zero-order valence-corrected chi connectivity index (χ0v) is 12.2. The summed E-state index contributed by atoms with van der Waals surface area (Å²) in [4.78, 5) is 12.8. The highest BCUT2D eigenvalue weighted by molar-refractivity contribution is 7.98. The fourth-order valence-corrected chi connectivity index (χ4v) is 1.94. The van der Waals surface area contributed by atoms with Crippen LogP contribution in [-0.2, 0) is 9.53 Å². The molecule has 1 aromatic carbocycles. The summed E-state index contributed by atoms with van der Waals surface area (Å²) in [5.41, 5.74) is 6.50. The van der Waals surface area contributed by atoms with Crippen LogP contribution in [-0.4, -0.2) is 17.8 Å². The fraction of sp³-hybridized carbons (Fsp3) is 0.500. The quantitative estimate of drug-likeness (QED) is 0.672. The van der Waals surface area contributed by atoms with Crippen molar-refractivity contribution in [2.45, 2.75) is 43.7 Å². The van der Waals surface area contributed by atoms with E-state index in [1.54, 1.807) is 11.8 Å². The van der Waals surface area contributed by atoms with Crippen molar-refractivity contribution in [2.24, 2.45) is 5.73 Å². The molecular formula is C14H21NO2S. The van der Waals surface area contributed by atoms with Gasteiger partial charge in [-0.2, -0.15) is 0 Å². The Bertz CT molecular complexity index is 395. The number of hydrogen-bond donors (Lipinski definition) is 1. The summed E-state index contributed by atoms with van der Waals surface area (Å²) in [5.74, 6) is -0.260. The second kappa shape index (κ2) is 6.25. The third-order valence-electron chi connectivity index (χ3n) is 2.35. The van der Waals surface area contributed by atoms with E-state index in [1.165, 1.54) is 4.90 Å². The molecule has 0 saturated carbocycles. The van der Waals surface area contributed by atoms with Crippen molar-refractivity contribution in [3.63, 3.8) is 0 Å². The van der Waals surface area contributed by atoms with E-state index in [1.807, 2.05) is 51.3 Å². The van der Waals surface area contributed by atoms with E-state index in [-0.39, 0.29) is 18.4 Å². The van der Waals surface area contributed by atoms with E-state index in [0.29, 0.717) is 0 Å². The van der Waals surface area contributed by atoms with Gasteiger partial charge in [0.15, 0.2) is 0 Å². The van der Waals surface area contributed by atoms with E-state index in [9.17, 15) is 4.79 Å². The van der Waals surface area contributed by atoms with Gasteiger partial charge in [-0.25, -0.2) is 0 Å². The average Bonchev–Trinajstić information content (AvgIpc) is 2.26. The Morgan fingerprint density at radius 1 is 1.33 bits per heavy atom. The Balaban J connectivity index is 2.59. The minimum atomic E-state index is -0.459. The van der Waals surface area contributed by atoms with Crippen molar-refractivity contribution in [1.82, 2.24) is 0 Å². The van der Waals surface area contributed by atoms with E-state index in [2.05, 4.69) is 0 Å². The smallest absolute Gasteiger partial charge is 0.308 e. The number of carbonyl (C=O) groups is 1. The summed E-state index contributed by atoms with van der Waals surface area (Å²) in [6.45, 7) is 5.55. The van der Waals surface area contributed by atoms with Crippen molar-refractivity contribution < 1.29 is 9.53 Å². The number of thioether (sulfide) groups is 1. The fourth-order valence-electron chi connectivity index (χ4n) is 1.53. The number of esters is 1. The minimum Gasteiger partial charge on any atom is -0.460 e. The lowest BCUT2D eigenvalue weighted by Crippen LogP contribution is -2.26. The Morgan fingerprint density at radius 3 is 2.33 bits per heavy atom. The standard InChI is InChI=1S/C14H21NO2S/c1-14(2,3)17-13(16)9-12(15)10-5-7-11(18-4)8-6-10/h5-8,12H,9,15H2,1-4H3. The highest BCUT2D eigenvalue weighted by atomic mass is 32.2. The van der Waals surface area contributed by atoms with Crippen molar-refractivity contribution in [3.8, 4) is 0 Å². The van der Waals surface area contributed by atoms with Gasteiger partial charge >= 0.3 is 5.97 Å². The van der Waals surface area contributed by atoms with Crippen LogP contribution < -0.4 is 5.73 Å². The molecule has 0 spiro atoms. The van der Waals surface area contributed by atoms with Crippen LogP contribution in [0.3, 0.4) is 0 Å². The monoisotopic (exact) mass is 267 g/mol. The normalized spacial score (nSPS) is 13.2. The number of carbonyl (C=O) groups excluding carboxylic acids is 1. The van der Waals surface area contributed by atoms with Gasteiger partial charge in [-0.15, -0.1) is 11.8 Å². The third kappa shape index (κ3) is 5.10. The predicted molar refractivity (Wildman–Crippen MR) is 75.6 cm³/mol. The molecule has 0 aromatic heterocycles. The van der Waals surface area contributed by atoms with Crippen molar-refractivity contribution in [3.05, 3.63) is 29.8 Å². The molecule has 0 bridgehead atoms. The zero-order valence-electron chi connectivity index (χ0n) is 11.4. The van der Waals surface area contributed by atoms with Gasteiger partial charge in [0.2, 0.25) is 0 Å². The first kappa shape index (κ1) is 15.1. The predicted octanol–water partition coefficient (Wildman–Crippen LogP) is 3.14. The lowest BCUT2D eigenvalue weighted by Gasteiger charge is -2.21. The minimum absolute atomic E-state index is 0.204. The van der Waals surface area contributed by atoms with E-state index >= 15 is 0 Å². The molecule has 1 unspecified atom stereocenters. The molecule has 0 saturated heterocycles. The summed E-state index contributed by atoms with van der Waals surface area (Å²) >= 11 is 1.68. The molecule has 0 radical (unpaired) electrons. The molecule has 4 heteroatoms. The van der Waals surface area contributed by atoms with Crippen LogP contribution in [0.1, 0.15) is 38.8 Å². The Labute approximate surface area is 113 Å². The molecule has 100 valence electrons. The maximum absolute atomic E-state index is 11.7. The molecule has 0 fully saturated rings. The highest BCUT2D eigenvalue weighted by Crippen LogP contribution is 2.20. The molecule has 0 aliphatic rings. The van der Waals surface area contributed by atoms with Crippen LogP contribution in [0, 0.1) is 0 Å². The molecule has 18 heavy (non-hydrogen) atoms. The molecule has 0 amide bonds. The molecule has 0 aliphatic carbocycles. The number of nitrogens with two attached hydrogens (primary N) is 1. The van der Waals surface area contributed by atoms with Crippen LogP contribution in [0.15, 0.2) is 29.2 Å². The lowest BCUT2D eigenvalue weighted by molar-refractivity contribution is -0.155. The first-order valence-corrected chi connectivity index (χ1v) is 7.15. The van der Waals surface area contributed by atoms with Gasteiger partial charge in [0.25, 0.3) is 0 Å². The largest absolute Gasteiger partial charge is 0.460 e. The van der Waals surface area contributed by atoms with Crippen LogP contribution in [0.5, 0.6) is 0 Å². The number of rotatable bonds is 4. The Hall–Kier alpha value is -1.00. The molecule has 2 N–H and O–H groups in total. The molecule has 1 atom stereocenters. The van der Waals surface area contributed by atoms with Crippen LogP contribution in [0.25, 0.3) is 0 Å². The van der Waals surface area contributed by atoms with Gasteiger partial charge in [-0.05, 0) is 44.7 Å². The van der Waals surface area contributed by atoms with Crippen molar-refractivity contribution in [2.75, 3.05) is 6.26 Å². The van der Waals surface area contributed by atoms with Crippen LogP contribution in [0.4, 0.5) is 0 Å². The van der Waals surface area contributed by atoms with Gasteiger partial charge in [-0.1, -0.05) is 12.1 Å². The average molecular weight is 267 g/mol. The molecular weight excluding hydrogens is 246 g/mol. The maximum Gasteiger partial charge on any atom is 0.308 e. The number of hydrogen-bond acceptors (Lipinski definition) is 4. The van der Waals surface area contributed by atoms with Gasteiger partial charge in [0.1, 0.15) is 5.60 Å². The van der Waals surface area contributed by atoms with E-state index in [4.69, 9.17) is 10.5 Å². The van der Waals surface area contributed by atoms with Gasteiger partial charge < -0.3 is 10.5 Å². The van der Waals surface area contributed by atoms with Gasteiger partial charge in [0.05, 0.1) is 6.42 Å². The molecule has 3 nitrogen and oxygen atoms in total. The summed E-state index contributed by atoms with van der Waals surface area (Å²) in [6, 6.07) is 7.63. The Kier molecular flexibility index (Phi) is 5.23. The number of ether oxygens (including phenoxy) is 1. The van der Waals surface area contributed by atoms with Crippen LogP contribution >= 0.6 is 11.8 Å². The van der Waals surface area contributed by atoms with Gasteiger partial charge in [0, 0.05) is 10.9 Å². The topological polar surface area (TPSA) is 52.3 Å². The van der Waals surface area contributed by atoms with E-state index in [0.717, 1.165) is 5.56 Å². The lowest BCUT2D eigenvalue weighted by atomic mass is 10.0. The molecule has 0 aliphatic heterocycles. The first-order chi connectivity index (χ1) is 8.31. The van der Waals surface area contributed by atoms with E-state index < -0.39 is 5.60 Å². The highest BCUT2D eigenvalue weighted by Gasteiger charge is 2.19. The third-order valence-corrected chi connectivity index (χ3v) is 3.09. The second-order valence-electron chi connectivity index (χ2n) is 5.17. The zero-order chi connectivity index (χ0) is 13.8. The van der Waals surface area contributed by atoms with Crippen molar-refractivity contribution in [1.29, 1.82) is 0 Å². The number of benzene rings is 1. The molecule has 1 rings (SSSR count). The maximum atomic E-state index is 11.7. The van der Waals surface area contributed by atoms with Crippen LogP contribution in [0.2, 0.25) is 0 Å². The second-order valence-corrected chi connectivity index (χ2v) is 6.05. The summed E-state index contributed by atoms with van der Waals surface area (Å²) < 4.78 is 5.25. The Morgan fingerprint density at radius 2 is 1.89 bits per heavy atom.